The molecule has 0 radical (unpaired) electrons. The standard InChI is InChI=1S/C12H12F2N2O2S/c1-7(11(17)16-5-4-15-12(16)18)19-10-3-2-8(13)6-9(10)14/h2-3,6-7H,4-5H2,1H3,(H,15,18)/t7-/m1/s1. The van der Waals surface area contributed by atoms with E-state index < -0.39 is 22.9 Å². The predicted octanol–water partition coefficient (Wildman–Crippen LogP) is 2.00. The Morgan fingerprint density at radius 1 is 1.47 bits per heavy atom. The van der Waals surface area contributed by atoms with Crippen LogP contribution in [0.4, 0.5) is 13.6 Å². The van der Waals surface area contributed by atoms with Crippen LogP contribution < -0.4 is 5.32 Å². The Bertz CT molecular complexity index is 524. The molecule has 1 aliphatic heterocycles. The molecule has 1 aromatic carbocycles. The Hall–Kier alpha value is -1.63. The van der Waals surface area contributed by atoms with E-state index in [0.29, 0.717) is 13.1 Å². The minimum atomic E-state index is -0.712. The van der Waals surface area contributed by atoms with Gasteiger partial charge in [-0.25, -0.2) is 13.6 Å². The van der Waals surface area contributed by atoms with E-state index in [1.165, 1.54) is 6.07 Å². The van der Waals surface area contributed by atoms with Gasteiger partial charge >= 0.3 is 6.03 Å². The van der Waals surface area contributed by atoms with Crippen molar-refractivity contribution in [3.63, 3.8) is 0 Å². The van der Waals surface area contributed by atoms with Gasteiger partial charge in [-0.1, -0.05) is 0 Å². The van der Waals surface area contributed by atoms with Crippen LogP contribution in [0.15, 0.2) is 23.1 Å². The molecular formula is C12H12F2N2O2S. The predicted molar refractivity (Wildman–Crippen MR) is 66.8 cm³/mol. The number of amides is 3. The van der Waals surface area contributed by atoms with E-state index >= 15 is 0 Å². The lowest BCUT2D eigenvalue weighted by molar-refractivity contribution is -0.126. The third-order valence-corrected chi connectivity index (χ3v) is 3.81. The van der Waals surface area contributed by atoms with Gasteiger partial charge < -0.3 is 5.32 Å². The number of imide groups is 1. The number of carbonyl (C=O) groups is 2. The van der Waals surface area contributed by atoms with Gasteiger partial charge in [-0.15, -0.1) is 11.8 Å². The molecule has 1 fully saturated rings. The minimum absolute atomic E-state index is 0.182. The number of rotatable bonds is 3. The number of nitrogens with one attached hydrogen (secondary N) is 1. The van der Waals surface area contributed by atoms with Crippen molar-refractivity contribution in [1.29, 1.82) is 0 Å². The van der Waals surface area contributed by atoms with E-state index in [1.807, 2.05) is 0 Å². The molecule has 19 heavy (non-hydrogen) atoms. The smallest absolute Gasteiger partial charge is 0.324 e. The molecule has 0 bridgehead atoms. The first kappa shape index (κ1) is 13.8. The molecule has 0 spiro atoms. The second-order valence-electron chi connectivity index (χ2n) is 4.06. The highest BCUT2D eigenvalue weighted by Crippen LogP contribution is 2.27. The molecule has 1 N–H and O–H groups in total. The fourth-order valence-corrected chi connectivity index (χ4v) is 2.64. The number of urea groups is 1. The lowest BCUT2D eigenvalue weighted by atomic mass is 10.3. The van der Waals surface area contributed by atoms with Crippen molar-refractivity contribution < 1.29 is 18.4 Å². The Kier molecular flexibility index (Phi) is 4.04. The highest BCUT2D eigenvalue weighted by Gasteiger charge is 2.30. The van der Waals surface area contributed by atoms with Crippen LogP contribution in [0.5, 0.6) is 0 Å². The van der Waals surface area contributed by atoms with Crippen LogP contribution in [0.2, 0.25) is 0 Å². The van der Waals surface area contributed by atoms with Crippen molar-refractivity contribution in [2.24, 2.45) is 0 Å². The molecule has 1 heterocycles. The SMILES string of the molecule is C[C@@H](Sc1ccc(F)cc1F)C(=O)N1CCNC1=O. The van der Waals surface area contributed by atoms with Crippen molar-refractivity contribution in [2.45, 2.75) is 17.1 Å². The lowest BCUT2D eigenvalue weighted by Crippen LogP contribution is -2.38. The van der Waals surface area contributed by atoms with Gasteiger partial charge in [0.25, 0.3) is 0 Å². The normalized spacial score (nSPS) is 16.4. The molecule has 0 aromatic heterocycles. The van der Waals surface area contributed by atoms with Crippen LogP contribution in [0.25, 0.3) is 0 Å². The second-order valence-corrected chi connectivity index (χ2v) is 5.44. The largest absolute Gasteiger partial charge is 0.336 e. The molecule has 3 amide bonds. The van der Waals surface area contributed by atoms with Crippen LogP contribution in [-0.4, -0.2) is 35.2 Å². The average Bonchev–Trinajstić information content (AvgIpc) is 2.78. The number of benzene rings is 1. The number of thioether (sulfide) groups is 1. The average molecular weight is 286 g/mol. The Labute approximate surface area is 113 Å². The summed E-state index contributed by atoms with van der Waals surface area (Å²) in [4.78, 5) is 24.6. The molecule has 102 valence electrons. The zero-order valence-corrected chi connectivity index (χ0v) is 11.0. The van der Waals surface area contributed by atoms with E-state index in [2.05, 4.69) is 5.32 Å². The summed E-state index contributed by atoms with van der Waals surface area (Å²) < 4.78 is 26.2. The lowest BCUT2D eigenvalue weighted by Gasteiger charge is -2.17. The molecule has 2 rings (SSSR count). The monoisotopic (exact) mass is 286 g/mol. The molecular weight excluding hydrogens is 274 g/mol. The third-order valence-electron chi connectivity index (χ3n) is 2.67. The van der Waals surface area contributed by atoms with E-state index in [1.54, 1.807) is 6.92 Å². The van der Waals surface area contributed by atoms with Gasteiger partial charge in [0.05, 0.1) is 5.25 Å². The van der Waals surface area contributed by atoms with Crippen molar-refractivity contribution in [3.8, 4) is 0 Å². The van der Waals surface area contributed by atoms with E-state index in [4.69, 9.17) is 0 Å². The molecule has 4 nitrogen and oxygen atoms in total. The fraction of sp³-hybridized carbons (Fsp3) is 0.333. The molecule has 0 unspecified atom stereocenters. The van der Waals surface area contributed by atoms with Gasteiger partial charge in [0.2, 0.25) is 5.91 Å². The molecule has 0 aliphatic carbocycles. The van der Waals surface area contributed by atoms with Crippen molar-refractivity contribution >= 4 is 23.7 Å². The first-order chi connectivity index (χ1) is 8.99. The number of halogens is 2. The first-order valence-electron chi connectivity index (χ1n) is 5.70. The summed E-state index contributed by atoms with van der Waals surface area (Å²) in [6.45, 7) is 2.32. The Morgan fingerprint density at radius 2 is 2.21 bits per heavy atom. The molecule has 7 heteroatoms. The van der Waals surface area contributed by atoms with Gasteiger partial charge in [-0.2, -0.15) is 0 Å². The van der Waals surface area contributed by atoms with Crippen molar-refractivity contribution in [1.82, 2.24) is 10.2 Å². The first-order valence-corrected chi connectivity index (χ1v) is 6.58. The quantitative estimate of drug-likeness (QED) is 0.865. The number of hydrogen-bond donors (Lipinski definition) is 1. The van der Waals surface area contributed by atoms with Crippen LogP contribution in [0, 0.1) is 11.6 Å². The fourth-order valence-electron chi connectivity index (χ4n) is 1.71. The summed E-state index contributed by atoms with van der Waals surface area (Å²) in [7, 11) is 0. The number of hydrogen-bond acceptors (Lipinski definition) is 3. The maximum atomic E-state index is 13.5. The second kappa shape index (κ2) is 5.56. The topological polar surface area (TPSA) is 49.4 Å². The van der Waals surface area contributed by atoms with E-state index in [-0.39, 0.29) is 10.8 Å². The minimum Gasteiger partial charge on any atom is -0.336 e. The van der Waals surface area contributed by atoms with Crippen LogP contribution in [-0.2, 0) is 4.79 Å². The highest BCUT2D eigenvalue weighted by atomic mass is 32.2. The summed E-state index contributed by atoms with van der Waals surface area (Å²) in [6, 6.07) is 2.74. The summed E-state index contributed by atoms with van der Waals surface area (Å²) in [5.74, 6) is -1.76. The van der Waals surface area contributed by atoms with Crippen LogP contribution in [0.3, 0.4) is 0 Å². The molecule has 1 saturated heterocycles. The molecule has 1 aliphatic rings. The zero-order chi connectivity index (χ0) is 14.0. The summed E-state index contributed by atoms with van der Waals surface area (Å²) in [5, 5.41) is 1.90. The van der Waals surface area contributed by atoms with Gasteiger partial charge in [-0.05, 0) is 19.1 Å². The maximum Gasteiger partial charge on any atom is 0.324 e. The van der Waals surface area contributed by atoms with Gasteiger partial charge in [0.15, 0.2) is 0 Å². The number of carbonyl (C=O) groups excluding carboxylic acids is 2. The molecule has 1 atom stereocenters. The van der Waals surface area contributed by atoms with Gasteiger partial charge in [0, 0.05) is 24.1 Å². The molecule has 0 saturated carbocycles. The van der Waals surface area contributed by atoms with Crippen molar-refractivity contribution in [2.75, 3.05) is 13.1 Å². The summed E-state index contributed by atoms with van der Waals surface area (Å²) in [6.07, 6.45) is 0. The summed E-state index contributed by atoms with van der Waals surface area (Å²) in [5.41, 5.74) is 0. The van der Waals surface area contributed by atoms with Crippen LogP contribution >= 0.6 is 11.8 Å². The van der Waals surface area contributed by atoms with E-state index in [9.17, 15) is 18.4 Å². The zero-order valence-electron chi connectivity index (χ0n) is 10.2. The highest BCUT2D eigenvalue weighted by molar-refractivity contribution is 8.00. The Morgan fingerprint density at radius 3 is 2.79 bits per heavy atom. The summed E-state index contributed by atoms with van der Waals surface area (Å²) >= 11 is 0.963. The van der Waals surface area contributed by atoms with E-state index in [0.717, 1.165) is 28.8 Å². The van der Waals surface area contributed by atoms with Crippen LogP contribution in [0.1, 0.15) is 6.92 Å². The maximum absolute atomic E-state index is 13.5. The van der Waals surface area contributed by atoms with Gasteiger partial charge in [0.1, 0.15) is 11.6 Å². The molecule has 1 aromatic rings. The number of nitrogens with zero attached hydrogens (tertiary/aromatic N) is 1. The Balaban J connectivity index is 2.06. The van der Waals surface area contributed by atoms with Gasteiger partial charge in [-0.3, -0.25) is 9.69 Å². The third kappa shape index (κ3) is 3.04. The van der Waals surface area contributed by atoms with Crippen molar-refractivity contribution in [3.05, 3.63) is 29.8 Å².